The van der Waals surface area contributed by atoms with Crippen molar-refractivity contribution in [1.82, 2.24) is 0 Å². The first-order valence-corrected chi connectivity index (χ1v) is 23.5. The second kappa shape index (κ2) is 13.5. The molecular formula is C60H45Al. The maximum absolute atomic E-state index is 2.45. The van der Waals surface area contributed by atoms with Crippen LogP contribution in [0.1, 0.15) is 33.4 Å². The molecule has 0 fully saturated rings. The summed E-state index contributed by atoms with van der Waals surface area (Å²) in [5.74, 6) is 0. The molecule has 0 heterocycles. The number of hydrogen-bond acceptors (Lipinski definition) is 0. The SMILES string of the molecule is Cc1ccc2c(ccc3c4ccc[c]([Al]([c]5cccc6c5ccc5c7ccc(C)c(C)c7ccc65)[c]5cccc6c5ccc5c7ccc(C)c(C)c7ccc65)c4ccc23)c1C. The molecule has 0 aliphatic heterocycles. The van der Waals surface area contributed by atoms with E-state index in [-0.39, 0.29) is 0 Å². The summed E-state index contributed by atoms with van der Waals surface area (Å²) in [6.45, 7) is 13.4. The molecule has 0 saturated carbocycles. The van der Waals surface area contributed by atoms with E-state index in [0.29, 0.717) is 0 Å². The van der Waals surface area contributed by atoms with E-state index in [4.69, 9.17) is 0 Å². The minimum atomic E-state index is -2.19. The molecule has 0 bridgehead atoms. The average Bonchev–Trinajstić information content (AvgIpc) is 3.29. The fourth-order valence-corrected chi connectivity index (χ4v) is 14.7. The molecule has 0 aliphatic carbocycles. The molecule has 0 aromatic heterocycles. The van der Waals surface area contributed by atoms with Crippen molar-refractivity contribution in [3.8, 4) is 0 Å². The quantitative estimate of drug-likeness (QED) is 0.123. The van der Waals surface area contributed by atoms with Crippen LogP contribution in [0.5, 0.6) is 0 Å². The average molecular weight is 793 g/mol. The van der Waals surface area contributed by atoms with Crippen molar-refractivity contribution in [1.29, 1.82) is 0 Å². The molecule has 0 amide bonds. The predicted molar refractivity (Wildman–Crippen MR) is 270 cm³/mol. The smallest absolute Gasteiger partial charge is 0.0910 e. The highest BCUT2D eigenvalue weighted by atomic mass is 27.2. The third-order valence-corrected chi connectivity index (χ3v) is 18.2. The van der Waals surface area contributed by atoms with Gasteiger partial charge in [0.15, 0.2) is 0 Å². The van der Waals surface area contributed by atoms with Gasteiger partial charge in [-0.25, -0.2) is 0 Å². The number of fused-ring (bicyclic) bond motifs is 15. The van der Waals surface area contributed by atoms with Gasteiger partial charge in [-0.1, -0.05) is 177 Å². The lowest BCUT2D eigenvalue weighted by Gasteiger charge is -2.22. The van der Waals surface area contributed by atoms with Gasteiger partial charge in [0.25, 0.3) is 0 Å². The normalized spacial score (nSPS) is 12.1. The third-order valence-electron chi connectivity index (χ3n) is 14.8. The van der Waals surface area contributed by atoms with Gasteiger partial charge < -0.3 is 0 Å². The van der Waals surface area contributed by atoms with Gasteiger partial charge in [-0.15, -0.1) is 0 Å². The lowest BCUT2D eigenvalue weighted by atomic mass is 9.93. The molecule has 12 rings (SSSR count). The lowest BCUT2D eigenvalue weighted by molar-refractivity contribution is 1.38. The summed E-state index contributed by atoms with van der Waals surface area (Å²) in [6, 6.07) is 64.0. The van der Waals surface area contributed by atoms with Crippen molar-refractivity contribution in [2.24, 2.45) is 0 Å². The van der Waals surface area contributed by atoms with Crippen LogP contribution < -0.4 is 13.3 Å². The first-order valence-electron chi connectivity index (χ1n) is 21.8. The van der Waals surface area contributed by atoms with Crippen LogP contribution in [0.3, 0.4) is 0 Å². The maximum Gasteiger partial charge on any atom is 0.386 e. The number of benzene rings is 12. The molecule has 1 heteroatoms. The summed E-state index contributed by atoms with van der Waals surface area (Å²) in [4.78, 5) is 0. The van der Waals surface area contributed by atoms with Gasteiger partial charge in [-0.2, -0.15) is 0 Å². The van der Waals surface area contributed by atoms with Crippen molar-refractivity contribution in [3.05, 3.63) is 197 Å². The highest BCUT2D eigenvalue weighted by molar-refractivity contribution is 6.99. The van der Waals surface area contributed by atoms with Gasteiger partial charge in [0.05, 0.1) is 0 Å². The van der Waals surface area contributed by atoms with Crippen LogP contribution in [-0.2, 0) is 0 Å². The number of hydrogen-bond donors (Lipinski definition) is 0. The summed E-state index contributed by atoms with van der Waals surface area (Å²) >= 11 is -2.19. The predicted octanol–water partition coefficient (Wildman–Crippen LogP) is 14.4. The van der Waals surface area contributed by atoms with Gasteiger partial charge in [0.1, 0.15) is 0 Å². The zero-order valence-corrected chi connectivity index (χ0v) is 36.8. The van der Waals surface area contributed by atoms with Crippen LogP contribution in [0.25, 0.3) is 97.0 Å². The van der Waals surface area contributed by atoms with E-state index in [2.05, 4.69) is 205 Å². The molecule has 0 radical (unpaired) electrons. The van der Waals surface area contributed by atoms with Crippen LogP contribution in [0, 0.1) is 41.5 Å². The number of rotatable bonds is 3. The molecule has 0 aliphatic rings. The molecule has 0 atom stereocenters. The minimum Gasteiger partial charge on any atom is -0.0910 e. The Morgan fingerprint density at radius 1 is 0.197 bits per heavy atom. The van der Waals surface area contributed by atoms with E-state index in [1.165, 1.54) is 144 Å². The van der Waals surface area contributed by atoms with E-state index in [1.807, 2.05) is 0 Å². The topological polar surface area (TPSA) is 0 Å². The molecule has 0 nitrogen and oxygen atoms in total. The molecule has 0 N–H and O–H groups in total. The van der Waals surface area contributed by atoms with Gasteiger partial charge in [-0.05, 0) is 172 Å². The molecule has 0 spiro atoms. The number of aryl methyl sites for hydroxylation is 6. The van der Waals surface area contributed by atoms with E-state index in [1.54, 1.807) is 0 Å². The van der Waals surface area contributed by atoms with Crippen LogP contribution in [0.4, 0.5) is 0 Å². The van der Waals surface area contributed by atoms with E-state index < -0.39 is 14.1 Å². The lowest BCUT2D eigenvalue weighted by Crippen LogP contribution is -2.52. The van der Waals surface area contributed by atoms with Crippen molar-refractivity contribution in [2.75, 3.05) is 0 Å². The van der Waals surface area contributed by atoms with Crippen molar-refractivity contribution in [3.63, 3.8) is 0 Å². The van der Waals surface area contributed by atoms with Gasteiger partial charge in [0.2, 0.25) is 0 Å². The largest absolute Gasteiger partial charge is 0.386 e. The Bertz CT molecular complexity index is 3480. The fraction of sp³-hybridized carbons (Fsp3) is 0.100. The molecule has 0 unspecified atom stereocenters. The Kier molecular flexibility index (Phi) is 8.06. The van der Waals surface area contributed by atoms with Crippen molar-refractivity contribution < 1.29 is 0 Å². The second-order valence-corrected chi connectivity index (χ2v) is 20.5. The summed E-state index contributed by atoms with van der Waals surface area (Å²) in [5.41, 5.74) is 8.11. The molecule has 12 aromatic rings. The van der Waals surface area contributed by atoms with Crippen LogP contribution in [0.2, 0.25) is 0 Å². The molecule has 61 heavy (non-hydrogen) atoms. The Hall–Kier alpha value is -6.49. The first kappa shape index (κ1) is 36.4. The van der Waals surface area contributed by atoms with Crippen molar-refractivity contribution in [2.45, 2.75) is 41.5 Å². The van der Waals surface area contributed by atoms with Crippen LogP contribution in [0.15, 0.2) is 164 Å². The van der Waals surface area contributed by atoms with E-state index in [0.717, 1.165) is 0 Å². The highest BCUT2D eigenvalue weighted by Gasteiger charge is 2.31. The molecule has 0 saturated heterocycles. The Morgan fingerprint density at radius 2 is 0.393 bits per heavy atom. The Labute approximate surface area is 361 Å². The monoisotopic (exact) mass is 792 g/mol. The van der Waals surface area contributed by atoms with Crippen molar-refractivity contribution >= 4 is 124 Å². The molecular weight excluding hydrogens is 748 g/mol. The second-order valence-electron chi connectivity index (χ2n) is 17.7. The maximum atomic E-state index is 2.45. The van der Waals surface area contributed by atoms with Gasteiger partial charge in [0, 0.05) is 0 Å². The summed E-state index contributed by atoms with van der Waals surface area (Å²) in [5, 5.41) is 24.1. The van der Waals surface area contributed by atoms with Crippen LogP contribution >= 0.6 is 0 Å². The third kappa shape index (κ3) is 5.25. The highest BCUT2D eigenvalue weighted by Crippen LogP contribution is 2.37. The Morgan fingerprint density at radius 3 is 0.672 bits per heavy atom. The molecule has 288 valence electrons. The van der Waals surface area contributed by atoms with Crippen LogP contribution in [-0.4, -0.2) is 14.1 Å². The Balaban J connectivity index is 1.17. The van der Waals surface area contributed by atoms with Gasteiger partial charge in [-0.3, -0.25) is 0 Å². The zero-order chi connectivity index (χ0) is 41.3. The summed E-state index contributed by atoms with van der Waals surface area (Å²) in [7, 11) is 0. The zero-order valence-electron chi connectivity index (χ0n) is 35.7. The summed E-state index contributed by atoms with van der Waals surface area (Å²) in [6.07, 6.45) is 0. The standard InChI is InChI=1S/3C20H15.Al/c3*1-13-7-9-18-16(14(13)2)11-12-19-17-6-4-3-5-15(17)8-10-20(18)19;/h3*3-4,6-12H,1-2H3;. The first-order chi connectivity index (χ1) is 29.8. The van der Waals surface area contributed by atoms with E-state index in [9.17, 15) is 0 Å². The minimum absolute atomic E-state index is 1.32. The summed E-state index contributed by atoms with van der Waals surface area (Å²) < 4.78 is 4.40. The van der Waals surface area contributed by atoms with E-state index >= 15 is 0 Å². The fourth-order valence-electron chi connectivity index (χ4n) is 11.1. The van der Waals surface area contributed by atoms with Gasteiger partial charge >= 0.3 is 14.1 Å². The molecule has 12 aromatic carbocycles.